The first-order valence-corrected chi connectivity index (χ1v) is 12.8. The second kappa shape index (κ2) is 10.4. The van der Waals surface area contributed by atoms with Crippen LogP contribution in [0.5, 0.6) is 5.75 Å². The van der Waals surface area contributed by atoms with Gasteiger partial charge in [0.2, 0.25) is 15.9 Å². The Kier molecular flexibility index (Phi) is 7.29. The number of likely N-dealkylation sites (tertiary alicyclic amines) is 1. The van der Waals surface area contributed by atoms with Crippen molar-refractivity contribution in [2.45, 2.75) is 37.1 Å². The molecule has 0 saturated carbocycles. The number of ether oxygens (including phenoxy) is 1. The predicted molar refractivity (Wildman–Crippen MR) is 123 cm³/mol. The van der Waals surface area contributed by atoms with Gasteiger partial charge in [0.1, 0.15) is 12.4 Å². The van der Waals surface area contributed by atoms with Gasteiger partial charge in [-0.05, 0) is 61.2 Å². The first-order chi connectivity index (χ1) is 15.9. The van der Waals surface area contributed by atoms with E-state index in [0.717, 1.165) is 31.4 Å². The lowest BCUT2D eigenvalue weighted by atomic mass is 10.1. The monoisotopic (exact) mass is 471 g/mol. The third-order valence-corrected chi connectivity index (χ3v) is 7.86. The summed E-state index contributed by atoms with van der Waals surface area (Å²) in [5.41, 5.74) is 1.54. The minimum Gasteiger partial charge on any atom is -0.492 e. The molecule has 2 amide bonds. The smallest absolute Gasteiger partial charge is 0.251 e. The Morgan fingerprint density at radius 3 is 2.27 bits per heavy atom. The van der Waals surface area contributed by atoms with Crippen LogP contribution in [0.1, 0.15) is 41.6 Å². The maximum Gasteiger partial charge on any atom is 0.251 e. The Bertz CT molecular complexity index is 1080. The maximum atomic E-state index is 12.6. The number of carbonyl (C=O) groups excluding carboxylic acids is 2. The van der Waals surface area contributed by atoms with Crippen LogP contribution in [0.25, 0.3) is 0 Å². The molecule has 8 nitrogen and oxygen atoms in total. The van der Waals surface area contributed by atoms with Crippen LogP contribution in [0.3, 0.4) is 0 Å². The summed E-state index contributed by atoms with van der Waals surface area (Å²) in [4.78, 5) is 26.2. The minimum absolute atomic E-state index is 0.180. The number of sulfonamides is 1. The third-order valence-electron chi connectivity index (χ3n) is 5.94. The summed E-state index contributed by atoms with van der Waals surface area (Å²) < 4.78 is 32.3. The highest BCUT2D eigenvalue weighted by atomic mass is 32.2. The lowest BCUT2D eigenvalue weighted by Gasteiger charge is -2.16. The molecule has 0 atom stereocenters. The summed E-state index contributed by atoms with van der Waals surface area (Å²) >= 11 is 0. The van der Waals surface area contributed by atoms with Crippen molar-refractivity contribution in [2.24, 2.45) is 0 Å². The molecule has 2 saturated heterocycles. The number of amides is 2. The van der Waals surface area contributed by atoms with Crippen LogP contribution in [0, 0.1) is 0 Å². The minimum atomic E-state index is -3.43. The molecule has 9 heteroatoms. The molecular weight excluding hydrogens is 442 g/mol. The van der Waals surface area contributed by atoms with Crippen molar-refractivity contribution in [3.05, 3.63) is 59.7 Å². The molecule has 0 spiro atoms. The molecule has 0 unspecified atom stereocenters. The Morgan fingerprint density at radius 2 is 1.64 bits per heavy atom. The van der Waals surface area contributed by atoms with Gasteiger partial charge in [-0.2, -0.15) is 4.31 Å². The summed E-state index contributed by atoms with van der Waals surface area (Å²) in [5.74, 6) is 0.527. The molecule has 2 fully saturated rings. The van der Waals surface area contributed by atoms with E-state index >= 15 is 0 Å². The number of rotatable bonds is 9. The second-order valence-corrected chi connectivity index (χ2v) is 10.2. The summed E-state index contributed by atoms with van der Waals surface area (Å²) in [6.07, 6.45) is 3.32. The second-order valence-electron chi connectivity index (χ2n) is 8.30. The van der Waals surface area contributed by atoms with Crippen molar-refractivity contribution in [3.8, 4) is 5.75 Å². The van der Waals surface area contributed by atoms with Crippen molar-refractivity contribution < 1.29 is 22.7 Å². The molecule has 0 aliphatic carbocycles. The van der Waals surface area contributed by atoms with Crippen molar-refractivity contribution in [3.63, 3.8) is 0 Å². The van der Waals surface area contributed by atoms with E-state index in [1.807, 2.05) is 17.0 Å². The number of benzene rings is 2. The SMILES string of the molecule is O=C(NCCOc1ccc(S(=O)(=O)N2CCCC2)cc1)c1ccc(CN2CCCC2=O)cc1. The highest BCUT2D eigenvalue weighted by molar-refractivity contribution is 7.89. The molecule has 176 valence electrons. The fraction of sp³-hybridized carbons (Fsp3) is 0.417. The maximum absolute atomic E-state index is 12.6. The van der Waals surface area contributed by atoms with Crippen molar-refractivity contribution in [2.75, 3.05) is 32.8 Å². The topological polar surface area (TPSA) is 96.0 Å². The van der Waals surface area contributed by atoms with Crippen LogP contribution in [0.4, 0.5) is 0 Å². The number of hydrogen-bond acceptors (Lipinski definition) is 5. The molecule has 2 aliphatic heterocycles. The molecule has 4 rings (SSSR count). The zero-order valence-electron chi connectivity index (χ0n) is 18.5. The van der Waals surface area contributed by atoms with Crippen LogP contribution in [0.2, 0.25) is 0 Å². The van der Waals surface area contributed by atoms with Gasteiger partial charge in [0.05, 0.1) is 11.4 Å². The molecule has 0 aromatic heterocycles. The summed E-state index contributed by atoms with van der Waals surface area (Å²) in [6, 6.07) is 13.6. The lowest BCUT2D eigenvalue weighted by Crippen LogP contribution is -2.28. The van der Waals surface area contributed by atoms with Crippen LogP contribution < -0.4 is 10.1 Å². The van der Waals surface area contributed by atoms with E-state index in [9.17, 15) is 18.0 Å². The van der Waals surface area contributed by atoms with E-state index in [2.05, 4.69) is 5.32 Å². The fourth-order valence-corrected chi connectivity index (χ4v) is 5.59. The first-order valence-electron chi connectivity index (χ1n) is 11.3. The van der Waals surface area contributed by atoms with Crippen LogP contribution in [-0.2, 0) is 21.4 Å². The molecule has 2 aromatic rings. The third kappa shape index (κ3) is 5.72. The molecule has 1 N–H and O–H groups in total. The van der Waals surface area contributed by atoms with Crippen molar-refractivity contribution in [1.29, 1.82) is 0 Å². The van der Waals surface area contributed by atoms with Crippen LogP contribution in [-0.4, -0.2) is 62.2 Å². The molecule has 33 heavy (non-hydrogen) atoms. The average molecular weight is 472 g/mol. The number of nitrogens with one attached hydrogen (secondary N) is 1. The van der Waals surface area contributed by atoms with E-state index in [0.29, 0.717) is 43.9 Å². The Hall–Kier alpha value is -2.91. The first kappa shape index (κ1) is 23.3. The highest BCUT2D eigenvalue weighted by Gasteiger charge is 2.27. The lowest BCUT2D eigenvalue weighted by molar-refractivity contribution is -0.128. The van der Waals surface area contributed by atoms with Gasteiger partial charge in [0.15, 0.2) is 0 Å². The van der Waals surface area contributed by atoms with Crippen molar-refractivity contribution in [1.82, 2.24) is 14.5 Å². The standard InChI is InChI=1S/C24H29N3O5S/c28-23-4-3-14-26(23)18-19-5-7-20(8-6-19)24(29)25-13-17-32-21-9-11-22(12-10-21)33(30,31)27-15-1-2-16-27/h5-12H,1-4,13-18H2,(H,25,29). The summed E-state index contributed by atoms with van der Waals surface area (Å²) in [6.45, 7) is 3.09. The van der Waals surface area contributed by atoms with Crippen LogP contribution >= 0.6 is 0 Å². The van der Waals surface area contributed by atoms with Gasteiger partial charge < -0.3 is 15.0 Å². The van der Waals surface area contributed by atoms with Gasteiger partial charge >= 0.3 is 0 Å². The molecule has 2 heterocycles. The van der Waals surface area contributed by atoms with Gasteiger partial charge in [-0.15, -0.1) is 0 Å². The molecule has 2 aliphatic rings. The molecule has 2 aromatic carbocycles. The predicted octanol–water partition coefficient (Wildman–Crippen LogP) is 2.40. The average Bonchev–Trinajstić information content (AvgIpc) is 3.50. The molecular formula is C24H29N3O5S. The van der Waals surface area contributed by atoms with E-state index in [4.69, 9.17) is 4.74 Å². The Morgan fingerprint density at radius 1 is 0.939 bits per heavy atom. The zero-order chi connectivity index (χ0) is 23.3. The largest absolute Gasteiger partial charge is 0.492 e. The fourth-order valence-electron chi connectivity index (χ4n) is 4.07. The quantitative estimate of drug-likeness (QED) is 0.567. The van der Waals surface area contributed by atoms with Gasteiger partial charge in [-0.1, -0.05) is 12.1 Å². The summed E-state index contributed by atoms with van der Waals surface area (Å²) in [5, 5.41) is 2.81. The number of carbonyl (C=O) groups is 2. The van der Waals surface area contributed by atoms with E-state index in [1.165, 1.54) is 4.31 Å². The van der Waals surface area contributed by atoms with Gasteiger partial charge in [0, 0.05) is 38.2 Å². The normalized spacial score (nSPS) is 16.8. The Balaban J connectivity index is 1.21. The Labute approximate surface area is 194 Å². The van der Waals surface area contributed by atoms with E-state index < -0.39 is 10.0 Å². The van der Waals surface area contributed by atoms with E-state index in [1.54, 1.807) is 36.4 Å². The number of hydrogen-bond donors (Lipinski definition) is 1. The van der Waals surface area contributed by atoms with Gasteiger partial charge in [-0.25, -0.2) is 8.42 Å². The summed E-state index contributed by atoms with van der Waals surface area (Å²) in [7, 11) is -3.43. The highest BCUT2D eigenvalue weighted by Crippen LogP contribution is 2.23. The van der Waals surface area contributed by atoms with Crippen LogP contribution in [0.15, 0.2) is 53.4 Å². The van der Waals surface area contributed by atoms with Crippen molar-refractivity contribution >= 4 is 21.8 Å². The number of nitrogens with zero attached hydrogens (tertiary/aromatic N) is 2. The van der Waals surface area contributed by atoms with Gasteiger partial charge in [0.25, 0.3) is 5.91 Å². The van der Waals surface area contributed by atoms with Gasteiger partial charge in [-0.3, -0.25) is 9.59 Å². The zero-order valence-corrected chi connectivity index (χ0v) is 19.4. The molecule has 0 radical (unpaired) electrons. The van der Waals surface area contributed by atoms with E-state index in [-0.39, 0.29) is 23.3 Å². The molecule has 0 bridgehead atoms.